The van der Waals surface area contributed by atoms with Gasteiger partial charge in [-0.2, -0.15) is 0 Å². The lowest BCUT2D eigenvalue weighted by molar-refractivity contribution is 0.0998. The van der Waals surface area contributed by atoms with Gasteiger partial charge in [0, 0.05) is 15.5 Å². The number of benzene rings is 2. The third-order valence-electron chi connectivity index (χ3n) is 4.86. The second kappa shape index (κ2) is 7.13. The summed E-state index contributed by atoms with van der Waals surface area (Å²) in [5.41, 5.74) is 1.04. The minimum Gasteiger partial charge on any atom is -0.451 e. The second-order valence-corrected chi connectivity index (χ2v) is 9.87. The van der Waals surface area contributed by atoms with E-state index in [1.807, 2.05) is 12.1 Å². The van der Waals surface area contributed by atoms with Gasteiger partial charge in [-0.15, -0.1) is 0 Å². The molecule has 1 N–H and O–H groups in total. The predicted molar refractivity (Wildman–Crippen MR) is 108 cm³/mol. The summed E-state index contributed by atoms with van der Waals surface area (Å²) >= 11 is 3.39. The van der Waals surface area contributed by atoms with Gasteiger partial charge in [0.25, 0.3) is 5.91 Å². The van der Waals surface area contributed by atoms with Crippen molar-refractivity contribution in [3.8, 4) is 0 Å². The molecule has 2 aromatic carbocycles. The molecule has 0 aliphatic heterocycles. The number of hydrogen-bond acceptors (Lipinski definition) is 4. The van der Waals surface area contributed by atoms with Gasteiger partial charge >= 0.3 is 0 Å². The standard InChI is InChI=1S/C20H18BrNO4S/c21-14-8-9-18-13(10-14)11-19(26-18)20(23)22-15-4-3-7-17(12-15)27(24,25)16-5-1-2-6-16/h3-4,7-12,16H,1-2,5-6H2,(H,22,23). The Balaban J connectivity index is 1.57. The molecule has 0 bridgehead atoms. The normalized spacial score (nSPS) is 15.3. The average molecular weight is 448 g/mol. The molecule has 0 spiro atoms. The quantitative estimate of drug-likeness (QED) is 0.598. The van der Waals surface area contributed by atoms with Gasteiger partial charge in [-0.25, -0.2) is 8.42 Å². The number of hydrogen-bond donors (Lipinski definition) is 1. The van der Waals surface area contributed by atoms with E-state index in [0.29, 0.717) is 24.1 Å². The van der Waals surface area contributed by atoms with E-state index in [9.17, 15) is 13.2 Å². The molecule has 1 saturated carbocycles. The Kier molecular flexibility index (Phi) is 4.82. The molecule has 1 aliphatic rings. The van der Waals surface area contributed by atoms with Crippen molar-refractivity contribution >= 4 is 48.3 Å². The van der Waals surface area contributed by atoms with E-state index in [-0.39, 0.29) is 15.9 Å². The van der Waals surface area contributed by atoms with E-state index in [2.05, 4.69) is 21.2 Å². The Hall–Kier alpha value is -2.12. The molecule has 0 radical (unpaired) electrons. The highest BCUT2D eigenvalue weighted by molar-refractivity contribution is 9.10. The first kappa shape index (κ1) is 18.3. The summed E-state index contributed by atoms with van der Waals surface area (Å²) in [6.07, 6.45) is 3.30. The fourth-order valence-corrected chi connectivity index (χ4v) is 5.74. The van der Waals surface area contributed by atoms with Gasteiger partial charge in [0.05, 0.1) is 10.1 Å². The molecule has 5 nitrogen and oxygen atoms in total. The molecule has 3 aromatic rings. The first-order chi connectivity index (χ1) is 12.9. The van der Waals surface area contributed by atoms with E-state index in [1.165, 1.54) is 6.07 Å². The number of sulfone groups is 1. The first-order valence-corrected chi connectivity index (χ1v) is 11.1. The lowest BCUT2D eigenvalue weighted by Crippen LogP contribution is -2.18. The third kappa shape index (κ3) is 3.66. The number of carbonyl (C=O) groups excluding carboxylic acids is 1. The molecule has 4 rings (SSSR count). The van der Waals surface area contributed by atoms with Crippen LogP contribution in [0.2, 0.25) is 0 Å². The van der Waals surface area contributed by atoms with Gasteiger partial charge in [-0.05, 0) is 55.3 Å². The van der Waals surface area contributed by atoms with E-state index in [4.69, 9.17) is 4.42 Å². The van der Waals surface area contributed by atoms with E-state index < -0.39 is 15.7 Å². The molecular formula is C20H18BrNO4S. The minimum absolute atomic E-state index is 0.173. The summed E-state index contributed by atoms with van der Waals surface area (Å²) in [5, 5.41) is 3.22. The van der Waals surface area contributed by atoms with E-state index >= 15 is 0 Å². The van der Waals surface area contributed by atoms with Crippen molar-refractivity contribution in [1.29, 1.82) is 0 Å². The zero-order valence-electron chi connectivity index (χ0n) is 14.4. The lowest BCUT2D eigenvalue weighted by atomic mass is 10.2. The van der Waals surface area contributed by atoms with Crippen LogP contribution >= 0.6 is 15.9 Å². The number of rotatable bonds is 4. The fraction of sp³-hybridized carbons (Fsp3) is 0.250. The summed E-state index contributed by atoms with van der Waals surface area (Å²) in [4.78, 5) is 12.8. The van der Waals surface area contributed by atoms with Crippen LogP contribution in [0.25, 0.3) is 11.0 Å². The van der Waals surface area contributed by atoms with Gasteiger partial charge in [0.15, 0.2) is 15.6 Å². The fourth-order valence-electron chi connectivity index (χ4n) is 3.46. The van der Waals surface area contributed by atoms with Crippen LogP contribution in [0.5, 0.6) is 0 Å². The van der Waals surface area contributed by atoms with Crippen LogP contribution in [0.4, 0.5) is 5.69 Å². The van der Waals surface area contributed by atoms with Crippen molar-refractivity contribution in [2.45, 2.75) is 35.8 Å². The summed E-state index contributed by atoms with van der Waals surface area (Å²) < 4.78 is 32.0. The average Bonchev–Trinajstić information content (AvgIpc) is 3.31. The number of furan rings is 1. The van der Waals surface area contributed by atoms with Gasteiger partial charge in [0.1, 0.15) is 5.58 Å². The highest BCUT2D eigenvalue weighted by Crippen LogP contribution is 2.31. The van der Waals surface area contributed by atoms with Crippen molar-refractivity contribution in [3.63, 3.8) is 0 Å². The Morgan fingerprint density at radius 3 is 2.63 bits per heavy atom. The van der Waals surface area contributed by atoms with Gasteiger partial charge in [-0.1, -0.05) is 34.8 Å². The van der Waals surface area contributed by atoms with Gasteiger partial charge in [0.2, 0.25) is 0 Å². The van der Waals surface area contributed by atoms with Crippen molar-refractivity contribution in [1.82, 2.24) is 0 Å². The third-order valence-corrected chi connectivity index (χ3v) is 7.62. The van der Waals surface area contributed by atoms with Crippen LogP contribution in [0.3, 0.4) is 0 Å². The largest absolute Gasteiger partial charge is 0.451 e. The number of amides is 1. The molecule has 1 amide bonds. The number of nitrogens with one attached hydrogen (secondary N) is 1. The molecular weight excluding hydrogens is 430 g/mol. The topological polar surface area (TPSA) is 76.4 Å². The first-order valence-electron chi connectivity index (χ1n) is 8.78. The molecule has 1 aromatic heterocycles. The zero-order valence-corrected chi connectivity index (χ0v) is 16.8. The summed E-state index contributed by atoms with van der Waals surface area (Å²) in [5.74, 6) is -0.245. The van der Waals surface area contributed by atoms with Gasteiger partial charge < -0.3 is 9.73 Å². The maximum atomic E-state index is 12.8. The molecule has 1 fully saturated rings. The van der Waals surface area contributed by atoms with Crippen LogP contribution in [0.1, 0.15) is 36.2 Å². The van der Waals surface area contributed by atoms with Crippen molar-refractivity contribution in [2.75, 3.05) is 5.32 Å². The summed E-state index contributed by atoms with van der Waals surface area (Å²) in [6, 6.07) is 13.6. The molecule has 27 heavy (non-hydrogen) atoms. The highest BCUT2D eigenvalue weighted by atomic mass is 79.9. The van der Waals surface area contributed by atoms with Crippen molar-refractivity contribution < 1.29 is 17.6 Å². The van der Waals surface area contributed by atoms with E-state index in [1.54, 1.807) is 30.3 Å². The zero-order chi connectivity index (χ0) is 19.0. The lowest BCUT2D eigenvalue weighted by Gasteiger charge is -2.12. The van der Waals surface area contributed by atoms with Crippen LogP contribution in [0, 0.1) is 0 Å². The molecule has 1 heterocycles. The summed E-state index contributed by atoms with van der Waals surface area (Å²) in [7, 11) is -3.37. The number of fused-ring (bicyclic) bond motifs is 1. The Morgan fingerprint density at radius 2 is 1.85 bits per heavy atom. The number of anilines is 1. The molecule has 0 saturated heterocycles. The van der Waals surface area contributed by atoms with E-state index in [0.717, 1.165) is 22.7 Å². The maximum Gasteiger partial charge on any atom is 0.291 e. The number of halogens is 1. The smallest absolute Gasteiger partial charge is 0.291 e. The van der Waals surface area contributed by atoms with Crippen LogP contribution in [-0.4, -0.2) is 19.6 Å². The summed E-state index contributed by atoms with van der Waals surface area (Å²) in [6.45, 7) is 0. The molecule has 7 heteroatoms. The van der Waals surface area contributed by atoms with Gasteiger partial charge in [-0.3, -0.25) is 4.79 Å². The predicted octanol–water partition coefficient (Wildman–Crippen LogP) is 5.16. The minimum atomic E-state index is -3.37. The Bertz CT molecular complexity index is 1110. The highest BCUT2D eigenvalue weighted by Gasteiger charge is 2.30. The molecule has 1 aliphatic carbocycles. The van der Waals surface area contributed by atoms with Crippen molar-refractivity contribution in [2.24, 2.45) is 0 Å². The SMILES string of the molecule is O=C(Nc1cccc(S(=O)(=O)C2CCCC2)c1)c1cc2cc(Br)ccc2o1. The van der Waals surface area contributed by atoms with Crippen LogP contribution in [0.15, 0.2) is 62.3 Å². The Labute approximate surface area is 165 Å². The van der Waals surface area contributed by atoms with Crippen molar-refractivity contribution in [3.05, 3.63) is 58.8 Å². The molecule has 140 valence electrons. The monoisotopic (exact) mass is 447 g/mol. The van der Waals surface area contributed by atoms with Crippen LogP contribution in [-0.2, 0) is 9.84 Å². The second-order valence-electron chi connectivity index (χ2n) is 6.73. The van der Waals surface area contributed by atoms with Crippen LogP contribution < -0.4 is 5.32 Å². The number of carbonyl (C=O) groups is 1. The molecule has 0 atom stereocenters. The molecule has 0 unspecified atom stereocenters. The maximum absolute atomic E-state index is 12.8. The Morgan fingerprint density at radius 1 is 1.07 bits per heavy atom.